The van der Waals surface area contributed by atoms with Gasteiger partial charge in [0.1, 0.15) is 0 Å². The van der Waals surface area contributed by atoms with Gasteiger partial charge in [-0.1, -0.05) is 0 Å². The zero-order chi connectivity index (χ0) is 12.0. The molecule has 6 heteroatoms. The quantitative estimate of drug-likeness (QED) is 0.693. The Morgan fingerprint density at radius 2 is 2.31 bits per heavy atom. The van der Waals surface area contributed by atoms with E-state index in [0.29, 0.717) is 6.54 Å². The van der Waals surface area contributed by atoms with Crippen LogP contribution in [0.5, 0.6) is 0 Å². The first-order chi connectivity index (χ1) is 7.61. The van der Waals surface area contributed by atoms with Crippen molar-refractivity contribution >= 4 is 29.4 Å². The molecule has 0 unspecified atom stereocenters. The monoisotopic (exact) mass is 240 g/mol. The number of thiophene rings is 1. The molecule has 1 aromatic rings. The van der Waals surface area contributed by atoms with E-state index in [1.165, 1.54) is 17.4 Å². The molecule has 1 rings (SSSR count). The van der Waals surface area contributed by atoms with Crippen LogP contribution in [-0.2, 0) is 11.3 Å². The van der Waals surface area contributed by atoms with Gasteiger partial charge in [0.2, 0.25) is 0 Å². The fraction of sp³-hybridized carbons (Fsp3) is 0.200. The Morgan fingerprint density at radius 3 is 2.94 bits per heavy atom. The molecule has 0 aliphatic carbocycles. The Morgan fingerprint density at radius 1 is 1.56 bits per heavy atom. The summed E-state index contributed by atoms with van der Waals surface area (Å²) in [5, 5.41) is 15.4. The summed E-state index contributed by atoms with van der Waals surface area (Å²) in [6, 6.07) is 1.59. The van der Waals surface area contributed by atoms with Gasteiger partial charge in [0.05, 0.1) is 6.54 Å². The maximum absolute atomic E-state index is 10.9. The van der Waals surface area contributed by atoms with E-state index in [4.69, 9.17) is 5.11 Å². The Labute approximate surface area is 96.8 Å². The molecule has 16 heavy (non-hydrogen) atoms. The van der Waals surface area contributed by atoms with E-state index in [2.05, 4.69) is 10.6 Å². The molecule has 0 saturated heterocycles. The number of carboxylic acids is 1. The molecule has 0 atom stereocenters. The summed E-state index contributed by atoms with van der Waals surface area (Å²) in [6.07, 6.45) is 2.60. The second-order valence-corrected chi connectivity index (χ2v) is 3.95. The van der Waals surface area contributed by atoms with Gasteiger partial charge in [0.15, 0.2) is 0 Å². The third-order valence-electron chi connectivity index (χ3n) is 1.74. The van der Waals surface area contributed by atoms with E-state index >= 15 is 0 Å². The molecule has 0 spiro atoms. The highest BCUT2D eigenvalue weighted by Gasteiger charge is 2.00. The lowest BCUT2D eigenvalue weighted by molar-refractivity contribution is -0.131. The van der Waals surface area contributed by atoms with E-state index in [1.54, 1.807) is 7.05 Å². The number of nitrogens with one attached hydrogen (secondary N) is 2. The minimum absolute atomic E-state index is 0.240. The smallest absolute Gasteiger partial charge is 0.328 e. The zero-order valence-corrected chi connectivity index (χ0v) is 9.50. The van der Waals surface area contributed by atoms with Crippen LogP contribution < -0.4 is 10.6 Å². The maximum Gasteiger partial charge on any atom is 0.328 e. The molecule has 3 N–H and O–H groups in total. The molecule has 5 nitrogen and oxygen atoms in total. The van der Waals surface area contributed by atoms with Gasteiger partial charge in [-0.2, -0.15) is 0 Å². The van der Waals surface area contributed by atoms with Crippen LogP contribution in [0.1, 0.15) is 10.4 Å². The van der Waals surface area contributed by atoms with Gasteiger partial charge in [-0.15, -0.1) is 11.3 Å². The van der Waals surface area contributed by atoms with Crippen molar-refractivity contribution in [2.24, 2.45) is 0 Å². The lowest BCUT2D eigenvalue weighted by Crippen LogP contribution is -2.31. The average Bonchev–Trinajstić information content (AvgIpc) is 2.71. The second-order valence-electron chi connectivity index (χ2n) is 2.95. The number of hydrogen-bond acceptors (Lipinski definition) is 3. The third-order valence-corrected chi connectivity index (χ3v) is 2.70. The minimum atomic E-state index is -0.976. The van der Waals surface area contributed by atoms with Crippen molar-refractivity contribution in [1.82, 2.24) is 10.6 Å². The van der Waals surface area contributed by atoms with Crippen molar-refractivity contribution in [2.75, 3.05) is 7.05 Å². The lowest BCUT2D eigenvalue weighted by Gasteiger charge is -2.00. The Bertz CT molecular complexity index is 412. The molecule has 2 amide bonds. The van der Waals surface area contributed by atoms with E-state index in [9.17, 15) is 9.59 Å². The number of amides is 2. The number of carbonyl (C=O) groups excluding carboxylic acids is 1. The van der Waals surface area contributed by atoms with E-state index in [0.717, 1.165) is 16.5 Å². The highest BCUT2D eigenvalue weighted by atomic mass is 32.1. The van der Waals surface area contributed by atoms with Gasteiger partial charge in [0, 0.05) is 18.0 Å². The average molecular weight is 240 g/mol. The van der Waals surface area contributed by atoms with Gasteiger partial charge < -0.3 is 15.7 Å². The van der Waals surface area contributed by atoms with Gasteiger partial charge >= 0.3 is 12.0 Å². The zero-order valence-electron chi connectivity index (χ0n) is 8.69. The molecular weight excluding hydrogens is 228 g/mol. The lowest BCUT2D eigenvalue weighted by atomic mass is 10.3. The molecular formula is C10H12N2O3S. The molecule has 0 fully saturated rings. The SMILES string of the molecule is CNC(=O)NCc1cc(/C=C/C(=O)O)cs1. The van der Waals surface area contributed by atoms with Crippen LogP contribution in [0.15, 0.2) is 17.5 Å². The van der Waals surface area contributed by atoms with Crippen LogP contribution in [-0.4, -0.2) is 24.2 Å². The topological polar surface area (TPSA) is 78.4 Å². The molecule has 1 aromatic heterocycles. The first-order valence-electron chi connectivity index (χ1n) is 4.56. The highest BCUT2D eigenvalue weighted by Crippen LogP contribution is 2.15. The van der Waals surface area contributed by atoms with Gasteiger partial charge in [0.25, 0.3) is 0 Å². The van der Waals surface area contributed by atoms with Crippen LogP contribution in [0, 0.1) is 0 Å². The molecule has 0 aliphatic rings. The molecule has 0 aliphatic heterocycles. The van der Waals surface area contributed by atoms with Crippen molar-refractivity contribution in [2.45, 2.75) is 6.54 Å². The Kier molecular flexibility index (Phi) is 4.53. The van der Waals surface area contributed by atoms with Crippen LogP contribution in [0.2, 0.25) is 0 Å². The summed E-state index contributed by atoms with van der Waals surface area (Å²) in [6.45, 7) is 0.436. The molecule has 86 valence electrons. The van der Waals surface area contributed by atoms with Gasteiger partial charge in [-0.3, -0.25) is 0 Å². The minimum Gasteiger partial charge on any atom is -0.478 e. The number of carbonyl (C=O) groups is 2. The second kappa shape index (κ2) is 5.92. The summed E-state index contributed by atoms with van der Waals surface area (Å²) >= 11 is 1.47. The summed E-state index contributed by atoms with van der Waals surface area (Å²) in [5.41, 5.74) is 0.820. The summed E-state index contributed by atoms with van der Waals surface area (Å²) in [5.74, 6) is -0.976. The van der Waals surface area contributed by atoms with Crippen molar-refractivity contribution in [3.05, 3.63) is 28.0 Å². The molecule has 0 saturated carbocycles. The van der Waals surface area contributed by atoms with Crippen LogP contribution in [0.25, 0.3) is 6.08 Å². The predicted octanol–water partition coefficient (Wildman–Crippen LogP) is 1.27. The van der Waals surface area contributed by atoms with E-state index in [-0.39, 0.29) is 6.03 Å². The van der Waals surface area contributed by atoms with Crippen molar-refractivity contribution in [3.63, 3.8) is 0 Å². The van der Waals surface area contributed by atoms with Crippen molar-refractivity contribution < 1.29 is 14.7 Å². The molecule has 1 heterocycles. The molecule has 0 aromatic carbocycles. The number of urea groups is 1. The summed E-state index contributed by atoms with van der Waals surface area (Å²) in [7, 11) is 1.55. The summed E-state index contributed by atoms with van der Waals surface area (Å²) < 4.78 is 0. The van der Waals surface area contributed by atoms with Gasteiger partial charge in [-0.05, 0) is 23.1 Å². The van der Waals surface area contributed by atoms with Gasteiger partial charge in [-0.25, -0.2) is 9.59 Å². The van der Waals surface area contributed by atoms with Crippen molar-refractivity contribution in [1.29, 1.82) is 0 Å². The fourth-order valence-electron chi connectivity index (χ4n) is 1.00. The molecule has 0 bridgehead atoms. The Hall–Kier alpha value is -1.82. The molecule has 0 radical (unpaired) electrons. The predicted molar refractivity (Wildman–Crippen MR) is 62.3 cm³/mol. The third kappa shape index (κ3) is 4.14. The number of rotatable bonds is 4. The summed E-state index contributed by atoms with van der Waals surface area (Å²) in [4.78, 5) is 22.1. The maximum atomic E-state index is 10.9. The van der Waals surface area contributed by atoms with Crippen LogP contribution in [0.3, 0.4) is 0 Å². The number of carboxylic acid groups (broad SMARTS) is 1. The highest BCUT2D eigenvalue weighted by molar-refractivity contribution is 7.10. The van der Waals surface area contributed by atoms with E-state index in [1.807, 2.05) is 11.4 Å². The van der Waals surface area contributed by atoms with E-state index < -0.39 is 5.97 Å². The standard InChI is InChI=1S/C10H12N2O3S/c1-11-10(15)12-5-8-4-7(6-16-8)2-3-9(13)14/h2-4,6H,5H2,1H3,(H,13,14)(H2,11,12,15)/b3-2+. The normalized spacial score (nSPS) is 10.3. The first kappa shape index (κ1) is 12.3. The number of hydrogen-bond donors (Lipinski definition) is 3. The largest absolute Gasteiger partial charge is 0.478 e. The Balaban J connectivity index is 2.51. The number of aliphatic carboxylic acids is 1. The van der Waals surface area contributed by atoms with Crippen molar-refractivity contribution in [3.8, 4) is 0 Å². The first-order valence-corrected chi connectivity index (χ1v) is 5.44. The van der Waals surface area contributed by atoms with Crippen LogP contribution in [0.4, 0.5) is 4.79 Å². The van der Waals surface area contributed by atoms with Crippen LogP contribution >= 0.6 is 11.3 Å². The fourth-order valence-corrected chi connectivity index (χ4v) is 1.79.